The van der Waals surface area contributed by atoms with Crippen molar-refractivity contribution < 1.29 is 9.53 Å². The van der Waals surface area contributed by atoms with Gasteiger partial charge in [0.2, 0.25) is 0 Å². The second-order valence-electron chi connectivity index (χ2n) is 4.29. The SMILES string of the molecule is COc1ccc(C(=O)Nc2ccc(C)cc2Br)cc1I. The number of amides is 1. The topological polar surface area (TPSA) is 38.3 Å². The summed E-state index contributed by atoms with van der Waals surface area (Å²) in [6.07, 6.45) is 0. The zero-order chi connectivity index (χ0) is 14.7. The van der Waals surface area contributed by atoms with Gasteiger partial charge in [-0.25, -0.2) is 0 Å². The molecule has 0 heterocycles. The van der Waals surface area contributed by atoms with Crippen LogP contribution in [0.5, 0.6) is 5.75 Å². The maximum absolute atomic E-state index is 12.2. The molecule has 0 radical (unpaired) electrons. The Hall–Kier alpha value is -1.08. The van der Waals surface area contributed by atoms with Gasteiger partial charge in [-0.05, 0) is 81.3 Å². The summed E-state index contributed by atoms with van der Waals surface area (Å²) in [7, 11) is 1.61. The lowest BCUT2D eigenvalue weighted by Crippen LogP contribution is -2.12. The number of carbonyl (C=O) groups excluding carboxylic acids is 1. The van der Waals surface area contributed by atoms with Crippen molar-refractivity contribution in [2.45, 2.75) is 6.92 Å². The van der Waals surface area contributed by atoms with E-state index in [0.717, 1.165) is 25.0 Å². The van der Waals surface area contributed by atoms with Crippen LogP contribution in [0, 0.1) is 10.5 Å². The van der Waals surface area contributed by atoms with E-state index < -0.39 is 0 Å². The average molecular weight is 446 g/mol. The van der Waals surface area contributed by atoms with Crippen molar-refractivity contribution in [2.24, 2.45) is 0 Å². The monoisotopic (exact) mass is 445 g/mol. The second kappa shape index (κ2) is 6.58. The molecule has 0 aliphatic rings. The Kier molecular flexibility index (Phi) is 5.04. The van der Waals surface area contributed by atoms with E-state index in [4.69, 9.17) is 4.74 Å². The van der Waals surface area contributed by atoms with Crippen LogP contribution in [0.2, 0.25) is 0 Å². The Morgan fingerprint density at radius 1 is 1.25 bits per heavy atom. The molecular weight excluding hydrogens is 433 g/mol. The van der Waals surface area contributed by atoms with Crippen molar-refractivity contribution in [2.75, 3.05) is 12.4 Å². The van der Waals surface area contributed by atoms with E-state index in [-0.39, 0.29) is 5.91 Å². The van der Waals surface area contributed by atoms with Crippen LogP contribution in [-0.2, 0) is 0 Å². The predicted molar refractivity (Wildman–Crippen MR) is 92.5 cm³/mol. The number of benzene rings is 2. The first-order chi connectivity index (χ1) is 9.51. The summed E-state index contributed by atoms with van der Waals surface area (Å²) in [5.74, 6) is 0.619. The van der Waals surface area contributed by atoms with Crippen molar-refractivity contribution in [1.82, 2.24) is 0 Å². The third-order valence-corrected chi connectivity index (χ3v) is 4.29. The number of aryl methyl sites for hydroxylation is 1. The van der Waals surface area contributed by atoms with Gasteiger partial charge >= 0.3 is 0 Å². The van der Waals surface area contributed by atoms with Crippen LogP contribution in [0.1, 0.15) is 15.9 Å². The minimum atomic E-state index is -0.143. The molecule has 0 aliphatic heterocycles. The minimum Gasteiger partial charge on any atom is -0.496 e. The highest BCUT2D eigenvalue weighted by Crippen LogP contribution is 2.25. The summed E-state index contributed by atoms with van der Waals surface area (Å²) in [6.45, 7) is 2.00. The number of hydrogen-bond donors (Lipinski definition) is 1. The molecule has 1 amide bonds. The molecule has 3 nitrogen and oxygen atoms in total. The summed E-state index contributed by atoms with van der Waals surface area (Å²) in [5, 5.41) is 2.89. The van der Waals surface area contributed by atoms with E-state index in [0.29, 0.717) is 5.56 Å². The van der Waals surface area contributed by atoms with Crippen LogP contribution in [0.4, 0.5) is 5.69 Å². The molecule has 0 aliphatic carbocycles. The predicted octanol–water partition coefficient (Wildman–Crippen LogP) is 4.62. The van der Waals surface area contributed by atoms with E-state index in [9.17, 15) is 4.79 Å². The molecule has 0 saturated heterocycles. The van der Waals surface area contributed by atoms with Gasteiger partial charge < -0.3 is 10.1 Å². The number of carbonyl (C=O) groups is 1. The summed E-state index contributed by atoms with van der Waals surface area (Å²) in [4.78, 5) is 12.2. The maximum Gasteiger partial charge on any atom is 0.255 e. The fraction of sp³-hybridized carbons (Fsp3) is 0.133. The van der Waals surface area contributed by atoms with E-state index in [1.807, 2.05) is 25.1 Å². The quantitative estimate of drug-likeness (QED) is 0.700. The van der Waals surface area contributed by atoms with E-state index >= 15 is 0 Å². The van der Waals surface area contributed by atoms with E-state index in [1.165, 1.54) is 0 Å². The summed E-state index contributed by atoms with van der Waals surface area (Å²) < 4.78 is 6.96. The van der Waals surface area contributed by atoms with Gasteiger partial charge in [0.05, 0.1) is 16.4 Å². The highest BCUT2D eigenvalue weighted by atomic mass is 127. The molecule has 0 bridgehead atoms. The van der Waals surface area contributed by atoms with Gasteiger partial charge in [-0.1, -0.05) is 6.07 Å². The Balaban J connectivity index is 2.21. The Morgan fingerprint density at radius 2 is 2.00 bits per heavy atom. The number of nitrogens with one attached hydrogen (secondary N) is 1. The Labute approximate surface area is 140 Å². The van der Waals surface area contributed by atoms with Gasteiger partial charge in [0.15, 0.2) is 0 Å². The van der Waals surface area contributed by atoms with E-state index in [2.05, 4.69) is 43.8 Å². The van der Waals surface area contributed by atoms with Gasteiger partial charge in [0.25, 0.3) is 5.91 Å². The van der Waals surface area contributed by atoms with Crippen molar-refractivity contribution in [3.8, 4) is 5.75 Å². The number of ether oxygens (including phenoxy) is 1. The molecule has 0 fully saturated rings. The van der Waals surface area contributed by atoms with Crippen LogP contribution in [-0.4, -0.2) is 13.0 Å². The molecule has 0 unspecified atom stereocenters. The normalized spacial score (nSPS) is 10.2. The molecule has 2 aromatic carbocycles. The lowest BCUT2D eigenvalue weighted by atomic mass is 10.2. The summed E-state index contributed by atoms with van der Waals surface area (Å²) in [5.41, 5.74) is 2.49. The van der Waals surface area contributed by atoms with Crippen LogP contribution in [0.25, 0.3) is 0 Å². The highest BCUT2D eigenvalue weighted by Gasteiger charge is 2.10. The van der Waals surface area contributed by atoms with Gasteiger partial charge in [0, 0.05) is 10.0 Å². The fourth-order valence-electron chi connectivity index (χ4n) is 1.72. The standard InChI is InChI=1S/C15H13BrINO2/c1-9-3-5-13(11(16)7-9)18-15(19)10-4-6-14(20-2)12(17)8-10/h3-8H,1-2H3,(H,18,19). The Morgan fingerprint density at radius 3 is 2.60 bits per heavy atom. The van der Waals surface area contributed by atoms with Crippen LogP contribution in [0.15, 0.2) is 40.9 Å². The molecule has 2 rings (SSSR count). The zero-order valence-corrected chi connectivity index (χ0v) is 14.8. The number of anilines is 1. The molecule has 1 N–H and O–H groups in total. The molecule has 2 aromatic rings. The third kappa shape index (κ3) is 3.52. The number of methoxy groups -OCH3 is 1. The highest BCUT2D eigenvalue weighted by molar-refractivity contribution is 14.1. The molecule has 0 atom stereocenters. The van der Waals surface area contributed by atoms with Gasteiger partial charge in [0.1, 0.15) is 5.75 Å². The Bertz CT molecular complexity index is 658. The molecular formula is C15H13BrINO2. The maximum atomic E-state index is 12.2. The minimum absolute atomic E-state index is 0.143. The average Bonchev–Trinajstić information content (AvgIpc) is 2.41. The van der Waals surface area contributed by atoms with Crippen molar-refractivity contribution >= 4 is 50.1 Å². The molecule has 104 valence electrons. The van der Waals surface area contributed by atoms with Crippen LogP contribution >= 0.6 is 38.5 Å². The van der Waals surface area contributed by atoms with Gasteiger partial charge in [-0.2, -0.15) is 0 Å². The molecule has 0 spiro atoms. The van der Waals surface area contributed by atoms with Crippen molar-refractivity contribution in [3.05, 3.63) is 55.6 Å². The number of halogens is 2. The fourth-order valence-corrected chi connectivity index (χ4v) is 3.05. The lowest BCUT2D eigenvalue weighted by Gasteiger charge is -2.09. The van der Waals surface area contributed by atoms with Crippen LogP contribution in [0.3, 0.4) is 0 Å². The van der Waals surface area contributed by atoms with Crippen LogP contribution < -0.4 is 10.1 Å². The van der Waals surface area contributed by atoms with Crippen molar-refractivity contribution in [1.29, 1.82) is 0 Å². The van der Waals surface area contributed by atoms with Gasteiger partial charge in [-0.3, -0.25) is 4.79 Å². The summed E-state index contributed by atoms with van der Waals surface area (Å²) >= 11 is 5.60. The molecule has 0 saturated carbocycles. The van der Waals surface area contributed by atoms with Crippen molar-refractivity contribution in [3.63, 3.8) is 0 Å². The lowest BCUT2D eigenvalue weighted by molar-refractivity contribution is 0.102. The first-order valence-corrected chi connectivity index (χ1v) is 7.79. The zero-order valence-electron chi connectivity index (χ0n) is 11.0. The molecule has 20 heavy (non-hydrogen) atoms. The molecule has 0 aromatic heterocycles. The third-order valence-electron chi connectivity index (χ3n) is 2.79. The van der Waals surface area contributed by atoms with E-state index in [1.54, 1.807) is 25.3 Å². The number of hydrogen-bond acceptors (Lipinski definition) is 2. The van der Waals surface area contributed by atoms with Gasteiger partial charge in [-0.15, -0.1) is 0 Å². The largest absolute Gasteiger partial charge is 0.496 e. The summed E-state index contributed by atoms with van der Waals surface area (Å²) in [6, 6.07) is 11.1. The number of rotatable bonds is 3. The first-order valence-electron chi connectivity index (χ1n) is 5.92. The second-order valence-corrected chi connectivity index (χ2v) is 6.30. The first kappa shape index (κ1) is 15.3. The smallest absolute Gasteiger partial charge is 0.255 e. The molecule has 5 heteroatoms.